The SMILES string of the molecule is CCOc1ccc(-c2nnc(C(C)(C)Oc3ccc(Cl)cc3C(=O)O)n2C)c(Br)c1. The van der Waals surface area contributed by atoms with Gasteiger partial charge in [-0.25, -0.2) is 4.79 Å². The molecule has 0 aliphatic heterocycles. The second-order valence-corrected chi connectivity index (χ2v) is 8.33. The topological polar surface area (TPSA) is 86.5 Å². The van der Waals surface area contributed by atoms with Crippen molar-refractivity contribution in [1.82, 2.24) is 14.8 Å². The highest BCUT2D eigenvalue weighted by molar-refractivity contribution is 9.10. The van der Waals surface area contributed by atoms with Gasteiger partial charge < -0.3 is 19.1 Å². The van der Waals surface area contributed by atoms with E-state index in [0.29, 0.717) is 23.3 Å². The Morgan fingerprint density at radius 1 is 1.23 bits per heavy atom. The first-order valence-corrected chi connectivity index (χ1v) is 10.4. The van der Waals surface area contributed by atoms with Crippen LogP contribution in [0, 0.1) is 0 Å². The summed E-state index contributed by atoms with van der Waals surface area (Å²) in [7, 11) is 1.83. The minimum atomic E-state index is -1.12. The summed E-state index contributed by atoms with van der Waals surface area (Å²) in [4.78, 5) is 11.6. The van der Waals surface area contributed by atoms with Crippen molar-refractivity contribution in [3.8, 4) is 22.9 Å². The largest absolute Gasteiger partial charge is 0.494 e. The maximum atomic E-state index is 11.6. The number of carboxylic acid groups (broad SMARTS) is 1. The summed E-state index contributed by atoms with van der Waals surface area (Å²) in [5.41, 5.74) is -0.143. The number of carbonyl (C=O) groups is 1. The average molecular weight is 495 g/mol. The van der Waals surface area contributed by atoms with Crippen LogP contribution in [0.4, 0.5) is 0 Å². The molecule has 0 aliphatic carbocycles. The van der Waals surface area contributed by atoms with Crippen molar-refractivity contribution in [1.29, 1.82) is 0 Å². The van der Waals surface area contributed by atoms with Crippen LogP contribution >= 0.6 is 27.5 Å². The zero-order valence-electron chi connectivity index (χ0n) is 16.9. The number of aromatic nitrogens is 3. The van der Waals surface area contributed by atoms with E-state index in [1.165, 1.54) is 12.1 Å². The molecular formula is C21H21BrClN3O4. The summed E-state index contributed by atoms with van der Waals surface area (Å²) in [5, 5.41) is 18.4. The van der Waals surface area contributed by atoms with Crippen molar-refractivity contribution in [2.75, 3.05) is 6.61 Å². The molecule has 0 saturated carbocycles. The van der Waals surface area contributed by atoms with Crippen LogP contribution < -0.4 is 9.47 Å². The molecule has 0 bridgehead atoms. The van der Waals surface area contributed by atoms with Gasteiger partial charge in [0.1, 0.15) is 17.1 Å². The van der Waals surface area contributed by atoms with E-state index in [0.717, 1.165) is 15.8 Å². The molecule has 158 valence electrons. The molecule has 0 unspecified atom stereocenters. The predicted octanol–water partition coefficient (Wildman–Crippen LogP) is 5.31. The van der Waals surface area contributed by atoms with Crippen LogP contribution in [-0.4, -0.2) is 32.4 Å². The number of aromatic carboxylic acids is 1. The molecule has 7 nitrogen and oxygen atoms in total. The second-order valence-electron chi connectivity index (χ2n) is 7.04. The molecule has 9 heteroatoms. The second kappa shape index (κ2) is 8.65. The minimum Gasteiger partial charge on any atom is -0.494 e. The fourth-order valence-corrected chi connectivity index (χ4v) is 3.81. The van der Waals surface area contributed by atoms with Crippen LogP contribution in [-0.2, 0) is 12.6 Å². The smallest absolute Gasteiger partial charge is 0.339 e. The number of hydrogen-bond acceptors (Lipinski definition) is 5. The fraction of sp³-hybridized carbons (Fsp3) is 0.286. The van der Waals surface area contributed by atoms with Crippen molar-refractivity contribution >= 4 is 33.5 Å². The lowest BCUT2D eigenvalue weighted by Crippen LogP contribution is -2.30. The summed E-state index contributed by atoms with van der Waals surface area (Å²) < 4.78 is 14.2. The van der Waals surface area contributed by atoms with E-state index in [9.17, 15) is 9.90 Å². The third-order valence-electron chi connectivity index (χ3n) is 4.44. The molecule has 1 aromatic heterocycles. The molecule has 2 aromatic carbocycles. The molecule has 0 atom stereocenters. The van der Waals surface area contributed by atoms with E-state index >= 15 is 0 Å². The molecule has 1 heterocycles. The van der Waals surface area contributed by atoms with Gasteiger partial charge in [-0.1, -0.05) is 11.6 Å². The van der Waals surface area contributed by atoms with E-state index in [2.05, 4.69) is 26.1 Å². The van der Waals surface area contributed by atoms with Gasteiger partial charge in [0, 0.05) is 22.1 Å². The van der Waals surface area contributed by atoms with Crippen LogP contribution in [0.5, 0.6) is 11.5 Å². The van der Waals surface area contributed by atoms with Crippen molar-refractivity contribution in [3.63, 3.8) is 0 Å². The predicted molar refractivity (Wildman–Crippen MR) is 117 cm³/mol. The molecule has 3 rings (SSSR count). The monoisotopic (exact) mass is 493 g/mol. The lowest BCUT2D eigenvalue weighted by Gasteiger charge is -2.26. The van der Waals surface area contributed by atoms with Gasteiger partial charge in [-0.2, -0.15) is 0 Å². The quantitative estimate of drug-likeness (QED) is 0.479. The average Bonchev–Trinajstić information content (AvgIpc) is 3.05. The molecule has 1 N–H and O–H groups in total. The number of benzene rings is 2. The zero-order valence-corrected chi connectivity index (χ0v) is 19.3. The molecule has 0 saturated heterocycles. The Morgan fingerprint density at radius 3 is 2.60 bits per heavy atom. The number of ether oxygens (including phenoxy) is 2. The number of carboxylic acids is 1. The highest BCUT2D eigenvalue weighted by atomic mass is 79.9. The van der Waals surface area contributed by atoms with Crippen molar-refractivity contribution < 1.29 is 19.4 Å². The van der Waals surface area contributed by atoms with Crippen LogP contribution in [0.3, 0.4) is 0 Å². The number of hydrogen-bond donors (Lipinski definition) is 1. The fourth-order valence-electron chi connectivity index (χ4n) is 3.10. The van der Waals surface area contributed by atoms with Crippen LogP contribution in [0.25, 0.3) is 11.4 Å². The third-order valence-corrected chi connectivity index (χ3v) is 5.33. The Labute approximate surface area is 187 Å². The lowest BCUT2D eigenvalue weighted by molar-refractivity contribution is 0.0662. The Hall–Kier alpha value is -2.58. The lowest BCUT2D eigenvalue weighted by atomic mass is 10.1. The molecule has 0 fully saturated rings. The first-order chi connectivity index (χ1) is 14.1. The van der Waals surface area contributed by atoms with Crippen LogP contribution in [0.1, 0.15) is 37.0 Å². The summed E-state index contributed by atoms with van der Waals surface area (Å²) in [6, 6.07) is 10.1. The van der Waals surface area contributed by atoms with Crippen molar-refractivity contribution in [2.24, 2.45) is 7.05 Å². The molecule has 30 heavy (non-hydrogen) atoms. The highest BCUT2D eigenvalue weighted by Crippen LogP contribution is 2.34. The summed E-state index contributed by atoms with van der Waals surface area (Å²) >= 11 is 9.50. The molecule has 3 aromatic rings. The molecule has 0 aliphatic rings. The first kappa shape index (κ1) is 22.1. The molecular weight excluding hydrogens is 474 g/mol. The van der Waals surface area contributed by atoms with Crippen LogP contribution in [0.15, 0.2) is 40.9 Å². The minimum absolute atomic E-state index is 0.0211. The maximum Gasteiger partial charge on any atom is 0.339 e. The van der Waals surface area contributed by atoms with Crippen molar-refractivity contribution in [3.05, 3.63) is 57.3 Å². The van der Waals surface area contributed by atoms with Gasteiger partial charge in [0.2, 0.25) is 0 Å². The van der Waals surface area contributed by atoms with Gasteiger partial charge in [0.05, 0.1) is 6.61 Å². The number of rotatable bonds is 7. The van der Waals surface area contributed by atoms with Gasteiger partial charge in [-0.05, 0) is 73.1 Å². The van der Waals surface area contributed by atoms with E-state index in [-0.39, 0.29) is 11.3 Å². The molecule has 0 radical (unpaired) electrons. The molecule has 0 amide bonds. The summed E-state index contributed by atoms with van der Waals surface area (Å²) in [6.45, 7) is 6.10. The summed E-state index contributed by atoms with van der Waals surface area (Å²) in [5.74, 6) is 0.989. The first-order valence-electron chi connectivity index (χ1n) is 9.18. The standard InChI is InChI=1S/C21H21BrClN3O4/c1-5-29-13-7-8-14(16(22)11-13)18-24-25-20(26(18)4)21(2,3)30-17-9-6-12(23)10-15(17)19(27)28/h6-11H,5H2,1-4H3,(H,27,28). The Morgan fingerprint density at radius 2 is 1.97 bits per heavy atom. The molecule has 0 spiro atoms. The maximum absolute atomic E-state index is 11.6. The third kappa shape index (κ3) is 4.44. The van der Waals surface area contributed by atoms with Crippen molar-refractivity contribution in [2.45, 2.75) is 26.4 Å². The normalized spacial score (nSPS) is 11.4. The Balaban J connectivity index is 1.96. The van der Waals surface area contributed by atoms with Gasteiger partial charge in [-0.3, -0.25) is 0 Å². The van der Waals surface area contributed by atoms with Crippen LogP contribution in [0.2, 0.25) is 5.02 Å². The number of halogens is 2. The number of nitrogens with zero attached hydrogens (tertiary/aromatic N) is 3. The van der Waals surface area contributed by atoms with Gasteiger partial charge in [0.25, 0.3) is 0 Å². The van der Waals surface area contributed by atoms with E-state index in [1.807, 2.05) is 36.7 Å². The zero-order chi connectivity index (χ0) is 22.1. The van der Waals surface area contributed by atoms with Gasteiger partial charge in [0.15, 0.2) is 17.2 Å². The summed E-state index contributed by atoms with van der Waals surface area (Å²) in [6.07, 6.45) is 0. The Bertz CT molecular complexity index is 1100. The Kier molecular flexibility index (Phi) is 6.38. The van der Waals surface area contributed by atoms with E-state index < -0.39 is 11.6 Å². The van der Waals surface area contributed by atoms with E-state index in [1.54, 1.807) is 19.9 Å². The van der Waals surface area contributed by atoms with Gasteiger partial charge in [-0.15, -0.1) is 10.2 Å². The van der Waals surface area contributed by atoms with Gasteiger partial charge >= 0.3 is 5.97 Å². The highest BCUT2D eigenvalue weighted by Gasteiger charge is 2.32. The van der Waals surface area contributed by atoms with E-state index in [4.69, 9.17) is 21.1 Å².